The average molecular weight is 388 g/mol. The molecule has 1 heterocycles. The van der Waals surface area contributed by atoms with Gasteiger partial charge in [0.05, 0.1) is 10.8 Å². The first kappa shape index (κ1) is 18.8. The molecule has 0 spiro atoms. The topological polar surface area (TPSA) is 92.6 Å². The van der Waals surface area contributed by atoms with Crippen LogP contribution < -0.4 is 5.32 Å². The van der Waals surface area contributed by atoms with Gasteiger partial charge in [-0.05, 0) is 24.6 Å². The van der Waals surface area contributed by atoms with Crippen LogP contribution in [0.25, 0.3) is 0 Å². The summed E-state index contributed by atoms with van der Waals surface area (Å²) in [5.74, 6) is -0.929. The minimum atomic E-state index is -0.611. The van der Waals surface area contributed by atoms with E-state index in [0.717, 1.165) is 11.1 Å². The van der Waals surface area contributed by atoms with Gasteiger partial charge < -0.3 is 10.2 Å². The zero-order valence-electron chi connectivity index (χ0n) is 14.6. The number of benzene rings is 2. The van der Waals surface area contributed by atoms with Crippen molar-refractivity contribution in [1.82, 2.24) is 4.90 Å². The molecule has 0 aromatic heterocycles. The molecule has 0 aliphatic carbocycles. The van der Waals surface area contributed by atoms with Gasteiger partial charge in [0.2, 0.25) is 11.8 Å². The highest BCUT2D eigenvalue weighted by molar-refractivity contribution is 6.32. The van der Waals surface area contributed by atoms with Crippen LogP contribution in [-0.4, -0.2) is 28.2 Å². The molecular formula is C19H18ClN3O4. The zero-order chi connectivity index (χ0) is 19.6. The second kappa shape index (κ2) is 7.75. The first-order valence-corrected chi connectivity index (χ1v) is 8.79. The lowest BCUT2D eigenvalue weighted by Gasteiger charge is -2.17. The van der Waals surface area contributed by atoms with Crippen molar-refractivity contribution in [1.29, 1.82) is 0 Å². The molecule has 1 saturated heterocycles. The van der Waals surface area contributed by atoms with Crippen LogP contribution in [0.4, 0.5) is 11.4 Å². The van der Waals surface area contributed by atoms with Gasteiger partial charge in [-0.15, -0.1) is 0 Å². The Kier molecular flexibility index (Phi) is 5.41. The molecule has 1 aliphatic heterocycles. The van der Waals surface area contributed by atoms with Crippen LogP contribution in [0.2, 0.25) is 5.02 Å². The Bertz CT molecular complexity index is 898. The summed E-state index contributed by atoms with van der Waals surface area (Å²) in [5, 5.41) is 13.6. The molecule has 2 amide bonds. The normalized spacial score (nSPS) is 16.4. The highest BCUT2D eigenvalue weighted by Crippen LogP contribution is 2.28. The van der Waals surface area contributed by atoms with Crippen molar-refractivity contribution < 1.29 is 14.5 Å². The Morgan fingerprint density at radius 3 is 2.67 bits per heavy atom. The number of anilines is 1. The number of nitro benzene ring substituents is 1. The van der Waals surface area contributed by atoms with Crippen molar-refractivity contribution in [2.75, 3.05) is 11.9 Å². The Hall–Kier alpha value is -2.93. The van der Waals surface area contributed by atoms with Crippen LogP contribution in [0.3, 0.4) is 0 Å². The summed E-state index contributed by atoms with van der Waals surface area (Å²) in [6.45, 7) is 2.76. The molecule has 1 aliphatic rings. The van der Waals surface area contributed by atoms with Gasteiger partial charge in [0, 0.05) is 31.3 Å². The Morgan fingerprint density at radius 1 is 1.30 bits per heavy atom. The molecule has 1 N–H and O–H groups in total. The average Bonchev–Trinajstić information content (AvgIpc) is 2.99. The molecular weight excluding hydrogens is 370 g/mol. The number of likely N-dealkylation sites (tertiary alicyclic amines) is 1. The highest BCUT2D eigenvalue weighted by atomic mass is 35.5. The molecule has 7 nitrogen and oxygen atoms in total. The van der Waals surface area contributed by atoms with Gasteiger partial charge in [0.15, 0.2) is 0 Å². The molecule has 3 rings (SSSR count). The second-order valence-electron chi connectivity index (χ2n) is 6.57. The molecule has 2 aromatic rings. The van der Waals surface area contributed by atoms with Gasteiger partial charge in [0.25, 0.3) is 5.69 Å². The number of carbonyl (C=O) groups excluding carboxylic acids is 2. The van der Waals surface area contributed by atoms with E-state index in [9.17, 15) is 19.7 Å². The summed E-state index contributed by atoms with van der Waals surface area (Å²) < 4.78 is 0. The number of carbonyl (C=O) groups is 2. The van der Waals surface area contributed by atoms with Crippen molar-refractivity contribution in [2.24, 2.45) is 5.92 Å². The molecule has 0 radical (unpaired) electrons. The summed E-state index contributed by atoms with van der Waals surface area (Å²) in [6, 6.07) is 11.9. The molecule has 0 bridgehead atoms. The van der Waals surface area contributed by atoms with Crippen molar-refractivity contribution in [3.8, 4) is 0 Å². The van der Waals surface area contributed by atoms with Crippen molar-refractivity contribution >= 4 is 34.8 Å². The monoisotopic (exact) mass is 387 g/mol. The number of halogens is 1. The molecule has 8 heteroatoms. The standard InChI is InChI=1S/C19H18ClN3O4/c1-12-2-4-13(5-3-12)10-22-11-14(8-18(22)24)19(25)21-15-6-7-16(20)17(9-15)23(26)27/h2-7,9,14H,8,10-11H2,1H3,(H,21,25)/t14-/m1/s1. The number of nitro groups is 1. The quantitative estimate of drug-likeness (QED) is 0.627. The maximum atomic E-state index is 12.5. The summed E-state index contributed by atoms with van der Waals surface area (Å²) in [5.41, 5.74) is 2.14. The van der Waals surface area contributed by atoms with E-state index in [0.29, 0.717) is 13.1 Å². The Balaban J connectivity index is 1.64. The van der Waals surface area contributed by atoms with Crippen LogP contribution in [0.15, 0.2) is 42.5 Å². The third kappa shape index (κ3) is 4.43. The van der Waals surface area contributed by atoms with Gasteiger partial charge >= 0.3 is 0 Å². The number of nitrogens with one attached hydrogen (secondary N) is 1. The summed E-state index contributed by atoms with van der Waals surface area (Å²) in [7, 11) is 0. The van der Waals surface area contributed by atoms with Crippen LogP contribution in [-0.2, 0) is 16.1 Å². The fraction of sp³-hybridized carbons (Fsp3) is 0.263. The minimum Gasteiger partial charge on any atom is -0.338 e. The zero-order valence-corrected chi connectivity index (χ0v) is 15.4. The minimum absolute atomic E-state index is 0.00156. The fourth-order valence-corrected chi connectivity index (χ4v) is 3.18. The van der Waals surface area contributed by atoms with Crippen LogP contribution >= 0.6 is 11.6 Å². The number of aryl methyl sites for hydroxylation is 1. The van der Waals surface area contributed by atoms with Gasteiger partial charge in [-0.25, -0.2) is 0 Å². The maximum absolute atomic E-state index is 12.5. The third-order valence-corrected chi connectivity index (χ3v) is 4.81. The number of rotatable bonds is 5. The largest absolute Gasteiger partial charge is 0.338 e. The van der Waals surface area contributed by atoms with E-state index < -0.39 is 10.8 Å². The van der Waals surface area contributed by atoms with E-state index >= 15 is 0 Å². The maximum Gasteiger partial charge on any atom is 0.289 e. The van der Waals surface area contributed by atoms with E-state index in [1.165, 1.54) is 18.2 Å². The van der Waals surface area contributed by atoms with E-state index in [1.54, 1.807) is 4.90 Å². The smallest absolute Gasteiger partial charge is 0.289 e. The van der Waals surface area contributed by atoms with E-state index in [2.05, 4.69) is 5.32 Å². The van der Waals surface area contributed by atoms with Gasteiger partial charge in [0.1, 0.15) is 5.02 Å². The number of nitrogens with zero attached hydrogens (tertiary/aromatic N) is 2. The first-order valence-electron chi connectivity index (χ1n) is 8.41. The summed E-state index contributed by atoms with van der Waals surface area (Å²) >= 11 is 5.77. The van der Waals surface area contributed by atoms with Gasteiger partial charge in [-0.1, -0.05) is 41.4 Å². The van der Waals surface area contributed by atoms with Gasteiger partial charge in [-0.3, -0.25) is 19.7 Å². The number of hydrogen-bond donors (Lipinski definition) is 1. The van der Waals surface area contributed by atoms with Crippen LogP contribution in [0, 0.1) is 23.0 Å². The third-order valence-electron chi connectivity index (χ3n) is 4.49. The second-order valence-corrected chi connectivity index (χ2v) is 6.98. The molecule has 27 heavy (non-hydrogen) atoms. The summed E-state index contributed by atoms with van der Waals surface area (Å²) in [4.78, 5) is 36.7. The van der Waals surface area contributed by atoms with Crippen molar-refractivity contribution in [3.05, 3.63) is 68.7 Å². The predicted molar refractivity (Wildman–Crippen MR) is 101 cm³/mol. The summed E-state index contributed by atoms with van der Waals surface area (Å²) in [6.07, 6.45) is 0.118. The van der Waals surface area contributed by atoms with Crippen molar-refractivity contribution in [2.45, 2.75) is 19.9 Å². The molecule has 0 saturated carbocycles. The van der Waals surface area contributed by atoms with E-state index in [-0.39, 0.29) is 34.6 Å². The van der Waals surface area contributed by atoms with Gasteiger partial charge in [-0.2, -0.15) is 0 Å². The molecule has 1 fully saturated rings. The van der Waals surface area contributed by atoms with Crippen LogP contribution in [0.1, 0.15) is 17.5 Å². The molecule has 0 unspecified atom stereocenters. The number of amides is 2. The fourth-order valence-electron chi connectivity index (χ4n) is 2.99. The van der Waals surface area contributed by atoms with Crippen molar-refractivity contribution in [3.63, 3.8) is 0 Å². The van der Waals surface area contributed by atoms with E-state index in [4.69, 9.17) is 11.6 Å². The lowest BCUT2D eigenvalue weighted by atomic mass is 10.1. The lowest BCUT2D eigenvalue weighted by Crippen LogP contribution is -2.28. The predicted octanol–water partition coefficient (Wildman–Crippen LogP) is 3.54. The van der Waals surface area contributed by atoms with E-state index in [1.807, 2.05) is 31.2 Å². The SMILES string of the molecule is Cc1ccc(CN2C[C@H](C(=O)Nc3ccc(Cl)c([N+](=O)[O-])c3)CC2=O)cc1. The molecule has 1 atom stereocenters. The lowest BCUT2D eigenvalue weighted by molar-refractivity contribution is -0.384. The Morgan fingerprint density at radius 2 is 2.00 bits per heavy atom. The molecule has 140 valence electrons. The number of hydrogen-bond acceptors (Lipinski definition) is 4. The molecule has 2 aromatic carbocycles. The first-order chi connectivity index (χ1) is 12.8. The highest BCUT2D eigenvalue weighted by Gasteiger charge is 2.34. The Labute approximate surface area is 161 Å². The van der Waals surface area contributed by atoms with Crippen LogP contribution in [0.5, 0.6) is 0 Å².